The number of aromatic nitrogens is 5. The van der Waals surface area contributed by atoms with Crippen molar-refractivity contribution in [1.82, 2.24) is 24.7 Å². The molecule has 15 heavy (non-hydrogen) atoms. The van der Waals surface area contributed by atoms with Crippen molar-refractivity contribution >= 4 is 17.5 Å². The summed E-state index contributed by atoms with van der Waals surface area (Å²) >= 11 is 5.65. The number of hydrogen-bond donors (Lipinski definition) is 1. The summed E-state index contributed by atoms with van der Waals surface area (Å²) in [4.78, 5) is 12.0. The van der Waals surface area contributed by atoms with Gasteiger partial charge in [-0.25, -0.2) is 15.0 Å². The second-order valence-electron chi connectivity index (χ2n) is 2.91. The highest BCUT2D eigenvalue weighted by Gasteiger charge is 2.00. The van der Waals surface area contributed by atoms with Crippen LogP contribution in [0, 0.1) is 0 Å². The molecule has 2 heterocycles. The number of nitrogens with one attached hydrogen (secondary N) is 1. The highest BCUT2D eigenvalue weighted by molar-refractivity contribution is 6.30. The van der Waals surface area contributed by atoms with Gasteiger partial charge in [0.05, 0.1) is 24.0 Å². The molecule has 2 rings (SSSR count). The summed E-state index contributed by atoms with van der Waals surface area (Å²) in [5, 5.41) is 7.60. The Hall–Kier alpha value is -1.69. The molecule has 0 spiro atoms. The van der Waals surface area contributed by atoms with Gasteiger partial charge in [0.15, 0.2) is 5.82 Å². The van der Waals surface area contributed by atoms with E-state index in [0.29, 0.717) is 23.3 Å². The van der Waals surface area contributed by atoms with Crippen LogP contribution in [0.4, 0.5) is 5.95 Å². The van der Waals surface area contributed by atoms with Gasteiger partial charge in [0.1, 0.15) is 6.33 Å². The Labute approximate surface area is 91.3 Å². The Bertz CT molecular complexity index is 437. The molecule has 0 fully saturated rings. The molecular formula is C8H9ClN6. The summed E-state index contributed by atoms with van der Waals surface area (Å²) in [5.74, 6) is 1.20. The average Bonchev–Trinajstić information content (AvgIpc) is 2.64. The molecule has 0 aliphatic heterocycles. The number of aryl methyl sites for hydroxylation is 1. The van der Waals surface area contributed by atoms with Crippen LogP contribution in [0.5, 0.6) is 0 Å². The summed E-state index contributed by atoms with van der Waals surface area (Å²) in [6.07, 6.45) is 4.70. The van der Waals surface area contributed by atoms with Gasteiger partial charge in [0.25, 0.3) is 0 Å². The minimum atomic E-state index is 0.489. The maximum atomic E-state index is 5.65. The molecule has 0 atom stereocenters. The summed E-state index contributed by atoms with van der Waals surface area (Å²) in [6.45, 7) is 0.489. The lowest BCUT2D eigenvalue weighted by Crippen LogP contribution is -2.05. The molecule has 0 unspecified atom stereocenters. The van der Waals surface area contributed by atoms with Gasteiger partial charge in [-0.2, -0.15) is 5.10 Å². The van der Waals surface area contributed by atoms with Crippen molar-refractivity contribution in [3.63, 3.8) is 0 Å². The van der Waals surface area contributed by atoms with E-state index in [1.54, 1.807) is 11.0 Å². The third-order valence-electron chi connectivity index (χ3n) is 1.67. The Balaban J connectivity index is 1.96. The van der Waals surface area contributed by atoms with Gasteiger partial charge in [0, 0.05) is 7.05 Å². The maximum Gasteiger partial charge on any atom is 0.223 e. The molecule has 2 aromatic rings. The van der Waals surface area contributed by atoms with Gasteiger partial charge in [-0.15, -0.1) is 0 Å². The van der Waals surface area contributed by atoms with Crippen molar-refractivity contribution in [3.8, 4) is 0 Å². The molecule has 0 aliphatic rings. The van der Waals surface area contributed by atoms with Crippen LogP contribution in [-0.2, 0) is 13.6 Å². The third-order valence-corrected chi connectivity index (χ3v) is 1.87. The third kappa shape index (κ3) is 2.63. The number of hydrogen-bond acceptors (Lipinski definition) is 5. The lowest BCUT2D eigenvalue weighted by atomic mass is 10.6. The highest BCUT2D eigenvalue weighted by Crippen LogP contribution is 2.05. The van der Waals surface area contributed by atoms with E-state index in [1.807, 2.05) is 7.05 Å². The molecule has 0 bridgehead atoms. The van der Waals surface area contributed by atoms with E-state index in [2.05, 4.69) is 25.4 Å². The molecule has 2 aromatic heterocycles. The van der Waals surface area contributed by atoms with Crippen molar-refractivity contribution in [1.29, 1.82) is 0 Å². The summed E-state index contributed by atoms with van der Waals surface area (Å²) in [6, 6.07) is 0. The van der Waals surface area contributed by atoms with Gasteiger partial charge in [-0.1, -0.05) is 11.6 Å². The molecule has 0 aliphatic carbocycles. The fraction of sp³-hybridized carbons (Fsp3) is 0.250. The van der Waals surface area contributed by atoms with E-state index in [9.17, 15) is 0 Å². The van der Waals surface area contributed by atoms with Crippen LogP contribution in [0.15, 0.2) is 18.7 Å². The molecular weight excluding hydrogens is 216 g/mol. The fourth-order valence-electron chi connectivity index (χ4n) is 1.03. The van der Waals surface area contributed by atoms with Gasteiger partial charge in [-0.05, 0) is 0 Å². The SMILES string of the molecule is Cn1cnc(CNc2ncc(Cl)cn2)n1. The summed E-state index contributed by atoms with van der Waals surface area (Å²) in [5.41, 5.74) is 0. The molecule has 6 nitrogen and oxygen atoms in total. The number of rotatable bonds is 3. The summed E-state index contributed by atoms with van der Waals surface area (Å²) in [7, 11) is 1.81. The predicted molar refractivity (Wildman–Crippen MR) is 55.4 cm³/mol. The van der Waals surface area contributed by atoms with E-state index < -0.39 is 0 Å². The molecule has 0 saturated carbocycles. The van der Waals surface area contributed by atoms with Gasteiger partial charge in [-0.3, -0.25) is 4.68 Å². The molecule has 0 saturated heterocycles. The van der Waals surface area contributed by atoms with Crippen molar-refractivity contribution in [3.05, 3.63) is 29.6 Å². The lowest BCUT2D eigenvalue weighted by Gasteiger charge is -2.00. The van der Waals surface area contributed by atoms with E-state index in [0.717, 1.165) is 0 Å². The highest BCUT2D eigenvalue weighted by atomic mass is 35.5. The number of anilines is 1. The molecule has 0 amide bonds. The first-order chi connectivity index (χ1) is 7.24. The predicted octanol–water partition coefficient (Wildman–Crippen LogP) is 0.871. The zero-order chi connectivity index (χ0) is 10.7. The second kappa shape index (κ2) is 4.22. The molecule has 78 valence electrons. The molecule has 0 radical (unpaired) electrons. The summed E-state index contributed by atoms with van der Waals surface area (Å²) < 4.78 is 1.64. The molecule has 1 N–H and O–H groups in total. The zero-order valence-corrected chi connectivity index (χ0v) is 8.81. The standard InChI is InChI=1S/C8H9ClN6/c1-15-5-13-7(14-15)4-12-8-10-2-6(9)3-11-8/h2-3,5H,4H2,1H3,(H,10,11,12). The van der Waals surface area contributed by atoms with Crippen LogP contribution in [0.3, 0.4) is 0 Å². The fourth-order valence-corrected chi connectivity index (χ4v) is 1.12. The van der Waals surface area contributed by atoms with Crippen LogP contribution in [0.25, 0.3) is 0 Å². The maximum absolute atomic E-state index is 5.65. The van der Waals surface area contributed by atoms with Gasteiger partial charge in [0.2, 0.25) is 5.95 Å². The van der Waals surface area contributed by atoms with E-state index >= 15 is 0 Å². The van der Waals surface area contributed by atoms with Crippen LogP contribution in [0.1, 0.15) is 5.82 Å². The van der Waals surface area contributed by atoms with Crippen molar-refractivity contribution in [2.45, 2.75) is 6.54 Å². The van der Waals surface area contributed by atoms with Crippen LogP contribution in [0.2, 0.25) is 5.02 Å². The largest absolute Gasteiger partial charge is 0.347 e. The topological polar surface area (TPSA) is 68.5 Å². The average molecular weight is 225 g/mol. The number of halogens is 1. The second-order valence-corrected chi connectivity index (χ2v) is 3.35. The van der Waals surface area contributed by atoms with Crippen LogP contribution in [-0.4, -0.2) is 24.7 Å². The van der Waals surface area contributed by atoms with E-state index in [4.69, 9.17) is 11.6 Å². The normalized spacial score (nSPS) is 10.3. The van der Waals surface area contributed by atoms with Crippen LogP contribution >= 0.6 is 11.6 Å². The first-order valence-corrected chi connectivity index (χ1v) is 4.68. The first kappa shape index (κ1) is 9.85. The minimum absolute atomic E-state index is 0.489. The lowest BCUT2D eigenvalue weighted by molar-refractivity contribution is 0.746. The quantitative estimate of drug-likeness (QED) is 0.838. The van der Waals surface area contributed by atoms with Crippen molar-refractivity contribution < 1.29 is 0 Å². The Morgan fingerprint density at radius 2 is 2.07 bits per heavy atom. The molecule has 7 heteroatoms. The zero-order valence-electron chi connectivity index (χ0n) is 8.05. The van der Waals surface area contributed by atoms with Gasteiger partial charge >= 0.3 is 0 Å². The molecule has 0 aromatic carbocycles. The van der Waals surface area contributed by atoms with Crippen LogP contribution < -0.4 is 5.32 Å². The van der Waals surface area contributed by atoms with Crippen molar-refractivity contribution in [2.24, 2.45) is 7.05 Å². The van der Waals surface area contributed by atoms with E-state index in [-0.39, 0.29) is 0 Å². The smallest absolute Gasteiger partial charge is 0.223 e. The Kier molecular flexibility index (Phi) is 2.77. The Morgan fingerprint density at radius 1 is 1.33 bits per heavy atom. The van der Waals surface area contributed by atoms with E-state index in [1.165, 1.54) is 12.4 Å². The van der Waals surface area contributed by atoms with Crippen molar-refractivity contribution in [2.75, 3.05) is 5.32 Å². The first-order valence-electron chi connectivity index (χ1n) is 4.30. The Morgan fingerprint density at radius 3 is 2.67 bits per heavy atom. The van der Waals surface area contributed by atoms with Gasteiger partial charge < -0.3 is 5.32 Å². The number of nitrogens with zero attached hydrogens (tertiary/aromatic N) is 5. The minimum Gasteiger partial charge on any atom is -0.347 e. The monoisotopic (exact) mass is 224 g/mol.